The fourth-order valence-electron chi connectivity index (χ4n) is 2.27. The largest absolute Gasteiger partial charge is 0.377 e. The van der Waals surface area contributed by atoms with Crippen molar-refractivity contribution < 1.29 is 9.13 Å². The van der Waals surface area contributed by atoms with Crippen LogP contribution in [0.1, 0.15) is 25.8 Å². The molecule has 19 heavy (non-hydrogen) atoms. The Morgan fingerprint density at radius 3 is 3.21 bits per heavy atom. The maximum absolute atomic E-state index is 14.5. The van der Waals surface area contributed by atoms with E-state index in [0.717, 1.165) is 26.1 Å². The summed E-state index contributed by atoms with van der Waals surface area (Å²) in [7, 11) is 0. The first-order valence-corrected chi connectivity index (χ1v) is 6.93. The van der Waals surface area contributed by atoms with Gasteiger partial charge in [0.05, 0.1) is 6.10 Å². The number of nitrogens with zero attached hydrogens (tertiary/aromatic N) is 2. The predicted molar refractivity (Wildman–Crippen MR) is 73.8 cm³/mol. The number of pyridine rings is 1. The summed E-state index contributed by atoms with van der Waals surface area (Å²) in [6, 6.07) is 1.74. The summed E-state index contributed by atoms with van der Waals surface area (Å²) < 4.78 is 20.0. The van der Waals surface area contributed by atoms with E-state index in [1.165, 1.54) is 0 Å². The average molecular weight is 267 g/mol. The van der Waals surface area contributed by atoms with Crippen molar-refractivity contribution in [1.29, 1.82) is 0 Å². The predicted octanol–water partition coefficient (Wildman–Crippen LogP) is 1.95. The number of nitrogens with one attached hydrogen (secondary N) is 1. The molecule has 0 saturated carbocycles. The van der Waals surface area contributed by atoms with Crippen molar-refractivity contribution in [2.24, 2.45) is 0 Å². The summed E-state index contributed by atoms with van der Waals surface area (Å²) in [6.45, 7) is 7.60. The molecule has 2 heterocycles. The highest BCUT2D eigenvalue weighted by molar-refractivity contribution is 5.43. The van der Waals surface area contributed by atoms with Crippen LogP contribution in [0.4, 0.5) is 10.2 Å². The summed E-state index contributed by atoms with van der Waals surface area (Å²) in [6.07, 6.45) is 2.70. The molecule has 0 spiro atoms. The zero-order chi connectivity index (χ0) is 13.7. The average Bonchev–Trinajstić information content (AvgIpc) is 2.62. The molecule has 1 aliphatic heterocycles. The highest BCUT2D eigenvalue weighted by atomic mass is 19.1. The van der Waals surface area contributed by atoms with Gasteiger partial charge in [0.2, 0.25) is 0 Å². The Kier molecular flexibility index (Phi) is 5.10. The van der Waals surface area contributed by atoms with Crippen LogP contribution in [0.15, 0.2) is 12.3 Å². The minimum absolute atomic E-state index is 0.112. The lowest BCUT2D eigenvalue weighted by molar-refractivity contribution is 0.0820. The van der Waals surface area contributed by atoms with Gasteiger partial charge < -0.3 is 15.0 Å². The van der Waals surface area contributed by atoms with E-state index < -0.39 is 0 Å². The van der Waals surface area contributed by atoms with E-state index in [9.17, 15) is 4.39 Å². The van der Waals surface area contributed by atoms with Gasteiger partial charge in [-0.25, -0.2) is 9.37 Å². The minimum atomic E-state index is -0.211. The number of hydrogen-bond donors (Lipinski definition) is 1. The normalized spacial score (nSPS) is 20.4. The van der Waals surface area contributed by atoms with Crippen molar-refractivity contribution in [3.05, 3.63) is 23.6 Å². The summed E-state index contributed by atoms with van der Waals surface area (Å²) >= 11 is 0. The first-order chi connectivity index (χ1) is 9.22. The molecule has 106 valence electrons. The third kappa shape index (κ3) is 3.64. The van der Waals surface area contributed by atoms with Crippen molar-refractivity contribution in [2.75, 3.05) is 31.1 Å². The van der Waals surface area contributed by atoms with Gasteiger partial charge in [-0.1, -0.05) is 6.92 Å². The molecule has 1 N–H and O–H groups in total. The minimum Gasteiger partial charge on any atom is -0.377 e. The van der Waals surface area contributed by atoms with Crippen molar-refractivity contribution in [3.8, 4) is 0 Å². The fraction of sp³-hybridized carbons (Fsp3) is 0.643. The molecule has 1 fully saturated rings. The standard InChI is InChI=1S/C14H22FN3O/c1-3-16-9-12-5-6-17-14(13(12)15)18-7-4-8-19-11(2)10-18/h5-6,11,16H,3-4,7-10H2,1-2H3. The molecule has 1 aromatic rings. The molecule has 0 amide bonds. The number of halogens is 1. The molecule has 0 bridgehead atoms. The summed E-state index contributed by atoms with van der Waals surface area (Å²) in [5.74, 6) is 0.241. The van der Waals surface area contributed by atoms with Crippen LogP contribution in [0, 0.1) is 5.82 Å². The third-order valence-electron chi connectivity index (χ3n) is 3.27. The van der Waals surface area contributed by atoms with Crippen LogP contribution in [0.2, 0.25) is 0 Å². The van der Waals surface area contributed by atoms with Crippen LogP contribution in [0.25, 0.3) is 0 Å². The second kappa shape index (κ2) is 6.82. The Hall–Kier alpha value is -1.20. The number of rotatable bonds is 4. The van der Waals surface area contributed by atoms with Gasteiger partial charge in [0, 0.05) is 38.0 Å². The van der Waals surface area contributed by atoms with Crippen LogP contribution in [-0.2, 0) is 11.3 Å². The van der Waals surface area contributed by atoms with Gasteiger partial charge in [-0.05, 0) is 26.0 Å². The lowest BCUT2D eigenvalue weighted by atomic mass is 10.2. The van der Waals surface area contributed by atoms with Gasteiger partial charge in [-0.15, -0.1) is 0 Å². The number of aromatic nitrogens is 1. The second-order valence-corrected chi connectivity index (χ2v) is 4.87. The summed E-state index contributed by atoms with van der Waals surface area (Å²) in [4.78, 5) is 6.20. The van der Waals surface area contributed by atoms with E-state index in [-0.39, 0.29) is 11.9 Å². The van der Waals surface area contributed by atoms with E-state index in [4.69, 9.17) is 4.74 Å². The molecular weight excluding hydrogens is 245 g/mol. The summed E-state index contributed by atoms with van der Waals surface area (Å²) in [5, 5.41) is 3.15. The number of hydrogen-bond acceptors (Lipinski definition) is 4. The molecule has 5 heteroatoms. The molecule has 0 aromatic carbocycles. The molecule has 2 rings (SSSR count). The molecule has 1 aromatic heterocycles. The number of anilines is 1. The Bertz CT molecular complexity index is 414. The van der Waals surface area contributed by atoms with Gasteiger partial charge >= 0.3 is 0 Å². The van der Waals surface area contributed by atoms with Crippen molar-refractivity contribution >= 4 is 5.82 Å². The van der Waals surface area contributed by atoms with E-state index >= 15 is 0 Å². The maximum atomic E-state index is 14.5. The van der Waals surface area contributed by atoms with Gasteiger partial charge in [0.15, 0.2) is 11.6 Å². The topological polar surface area (TPSA) is 37.4 Å². The number of ether oxygens (including phenoxy) is 1. The van der Waals surface area contributed by atoms with Crippen LogP contribution in [0.3, 0.4) is 0 Å². The molecule has 1 aliphatic rings. The highest BCUT2D eigenvalue weighted by Gasteiger charge is 2.20. The van der Waals surface area contributed by atoms with Crippen LogP contribution >= 0.6 is 0 Å². The van der Waals surface area contributed by atoms with Crippen LogP contribution in [0.5, 0.6) is 0 Å². The van der Waals surface area contributed by atoms with E-state index in [1.807, 2.05) is 18.7 Å². The Balaban J connectivity index is 2.18. The zero-order valence-corrected chi connectivity index (χ0v) is 11.7. The first kappa shape index (κ1) is 14.2. The Morgan fingerprint density at radius 1 is 1.58 bits per heavy atom. The fourth-order valence-corrected chi connectivity index (χ4v) is 2.27. The monoisotopic (exact) mass is 267 g/mol. The van der Waals surface area contributed by atoms with Gasteiger partial charge in [-0.2, -0.15) is 0 Å². The molecular formula is C14H22FN3O. The molecule has 1 atom stereocenters. The van der Waals surface area contributed by atoms with Crippen molar-refractivity contribution in [3.63, 3.8) is 0 Å². The van der Waals surface area contributed by atoms with Gasteiger partial charge in [0.1, 0.15) is 0 Å². The lowest BCUT2D eigenvalue weighted by Crippen LogP contribution is -2.32. The molecule has 4 nitrogen and oxygen atoms in total. The lowest BCUT2D eigenvalue weighted by Gasteiger charge is -2.24. The summed E-state index contributed by atoms with van der Waals surface area (Å²) in [5.41, 5.74) is 0.671. The van der Waals surface area contributed by atoms with E-state index in [0.29, 0.717) is 24.5 Å². The molecule has 0 radical (unpaired) electrons. The van der Waals surface area contributed by atoms with Crippen LogP contribution in [-0.4, -0.2) is 37.3 Å². The van der Waals surface area contributed by atoms with Crippen molar-refractivity contribution in [1.82, 2.24) is 10.3 Å². The third-order valence-corrected chi connectivity index (χ3v) is 3.27. The Labute approximate surface area is 114 Å². The maximum Gasteiger partial charge on any atom is 0.170 e. The molecule has 1 unspecified atom stereocenters. The quantitative estimate of drug-likeness (QED) is 0.904. The molecule has 0 aliphatic carbocycles. The van der Waals surface area contributed by atoms with E-state index in [1.54, 1.807) is 12.3 Å². The van der Waals surface area contributed by atoms with Gasteiger partial charge in [0.25, 0.3) is 0 Å². The molecule has 1 saturated heterocycles. The zero-order valence-electron chi connectivity index (χ0n) is 11.7. The van der Waals surface area contributed by atoms with E-state index in [2.05, 4.69) is 10.3 Å². The van der Waals surface area contributed by atoms with Gasteiger partial charge in [-0.3, -0.25) is 0 Å². The SMILES string of the molecule is CCNCc1ccnc(N2CCCOC(C)C2)c1F. The first-order valence-electron chi connectivity index (χ1n) is 6.93. The van der Waals surface area contributed by atoms with Crippen LogP contribution < -0.4 is 10.2 Å². The smallest absolute Gasteiger partial charge is 0.170 e. The Morgan fingerprint density at radius 2 is 2.42 bits per heavy atom. The highest BCUT2D eigenvalue weighted by Crippen LogP contribution is 2.21. The second-order valence-electron chi connectivity index (χ2n) is 4.87. The van der Waals surface area contributed by atoms with Crippen molar-refractivity contribution in [2.45, 2.75) is 32.9 Å².